The molecule has 0 saturated heterocycles. The predicted octanol–water partition coefficient (Wildman–Crippen LogP) is 1.02. The molecule has 0 aliphatic rings. The summed E-state index contributed by atoms with van der Waals surface area (Å²) in [6, 6.07) is 3.52. The lowest BCUT2D eigenvalue weighted by Crippen LogP contribution is -2.08. The summed E-state index contributed by atoms with van der Waals surface area (Å²) in [5.74, 6) is -0.361. The zero-order valence-corrected chi connectivity index (χ0v) is 7.50. The van der Waals surface area contributed by atoms with Crippen molar-refractivity contribution in [2.75, 3.05) is 5.73 Å². The van der Waals surface area contributed by atoms with Gasteiger partial charge in [0.05, 0.1) is 5.52 Å². The molecule has 0 saturated carbocycles. The molecule has 4 heteroatoms. The van der Waals surface area contributed by atoms with Crippen molar-refractivity contribution < 1.29 is 4.42 Å². The number of rotatable bonds is 0. The zero-order chi connectivity index (χ0) is 9.59. The van der Waals surface area contributed by atoms with Crippen molar-refractivity contribution in [3.05, 3.63) is 28.2 Å². The third-order valence-corrected chi connectivity index (χ3v) is 2.18. The first-order valence-corrected chi connectivity index (χ1v) is 3.95. The highest BCUT2D eigenvalue weighted by atomic mass is 16.4. The lowest BCUT2D eigenvalue weighted by atomic mass is 10.2. The van der Waals surface area contributed by atoms with E-state index in [0.717, 1.165) is 11.1 Å². The minimum atomic E-state index is -0.361. The summed E-state index contributed by atoms with van der Waals surface area (Å²) in [7, 11) is 1.66. The first-order valence-electron chi connectivity index (χ1n) is 3.95. The number of anilines is 1. The monoisotopic (exact) mass is 178 g/mol. The van der Waals surface area contributed by atoms with Crippen LogP contribution in [0.2, 0.25) is 0 Å². The van der Waals surface area contributed by atoms with Gasteiger partial charge in [0.25, 0.3) is 0 Å². The topological polar surface area (TPSA) is 61.2 Å². The van der Waals surface area contributed by atoms with Gasteiger partial charge in [-0.05, 0) is 24.6 Å². The van der Waals surface area contributed by atoms with Crippen LogP contribution in [0.15, 0.2) is 21.3 Å². The molecule has 0 radical (unpaired) electrons. The minimum absolute atomic E-state index is 0.361. The molecule has 0 unspecified atom stereocenters. The van der Waals surface area contributed by atoms with E-state index < -0.39 is 0 Å². The molecule has 0 fully saturated rings. The third kappa shape index (κ3) is 1.02. The molecule has 0 spiro atoms. The maximum atomic E-state index is 11.1. The molecule has 0 bridgehead atoms. The summed E-state index contributed by atoms with van der Waals surface area (Å²) < 4.78 is 6.42. The van der Waals surface area contributed by atoms with Crippen molar-refractivity contribution in [1.29, 1.82) is 0 Å². The van der Waals surface area contributed by atoms with Gasteiger partial charge < -0.3 is 10.2 Å². The Morgan fingerprint density at radius 1 is 1.46 bits per heavy atom. The Hall–Kier alpha value is -1.71. The minimum Gasteiger partial charge on any atom is -0.408 e. The highest BCUT2D eigenvalue weighted by Gasteiger charge is 2.06. The van der Waals surface area contributed by atoms with E-state index in [2.05, 4.69) is 0 Å². The van der Waals surface area contributed by atoms with Gasteiger partial charge in [0.2, 0.25) is 0 Å². The number of hydrogen-bond donors (Lipinski definition) is 1. The van der Waals surface area contributed by atoms with Crippen LogP contribution in [-0.2, 0) is 7.05 Å². The van der Waals surface area contributed by atoms with Crippen LogP contribution in [0, 0.1) is 6.92 Å². The second kappa shape index (κ2) is 2.39. The highest BCUT2D eigenvalue weighted by Crippen LogP contribution is 2.19. The molecule has 2 N–H and O–H groups in total. The molecule has 4 nitrogen and oxygen atoms in total. The molecular weight excluding hydrogens is 168 g/mol. The summed E-state index contributed by atoms with van der Waals surface area (Å²) >= 11 is 0. The standard InChI is InChI=1S/C9H10N2O2/c1-5-3-8-7(4-6(5)10)11(2)9(12)13-8/h3-4H,10H2,1-2H3. The summed E-state index contributed by atoms with van der Waals surface area (Å²) in [6.45, 7) is 1.88. The van der Waals surface area contributed by atoms with E-state index in [4.69, 9.17) is 10.2 Å². The van der Waals surface area contributed by atoms with Crippen LogP contribution in [0.4, 0.5) is 5.69 Å². The molecule has 1 heterocycles. The average molecular weight is 178 g/mol. The van der Waals surface area contributed by atoms with Gasteiger partial charge in [0.15, 0.2) is 5.58 Å². The van der Waals surface area contributed by atoms with Gasteiger partial charge in [-0.2, -0.15) is 0 Å². The molecule has 2 rings (SSSR count). The first-order chi connectivity index (χ1) is 6.09. The van der Waals surface area contributed by atoms with E-state index in [0.29, 0.717) is 11.3 Å². The van der Waals surface area contributed by atoms with Crippen molar-refractivity contribution in [1.82, 2.24) is 4.57 Å². The normalized spacial score (nSPS) is 10.9. The Kier molecular flexibility index (Phi) is 1.45. The lowest BCUT2D eigenvalue weighted by Gasteiger charge is -1.98. The van der Waals surface area contributed by atoms with E-state index >= 15 is 0 Å². The second-order valence-corrected chi connectivity index (χ2v) is 3.10. The molecule has 2 aromatic rings. The molecule has 68 valence electrons. The molecular formula is C9H10N2O2. The van der Waals surface area contributed by atoms with Crippen LogP contribution >= 0.6 is 0 Å². The molecule has 0 aliphatic carbocycles. The molecule has 0 amide bonds. The van der Waals surface area contributed by atoms with Gasteiger partial charge in [0, 0.05) is 12.7 Å². The predicted molar refractivity (Wildman–Crippen MR) is 50.6 cm³/mol. The number of nitrogen functional groups attached to an aromatic ring is 1. The Morgan fingerprint density at radius 2 is 2.15 bits per heavy atom. The van der Waals surface area contributed by atoms with Crippen molar-refractivity contribution in [3.8, 4) is 0 Å². The van der Waals surface area contributed by atoms with Gasteiger partial charge in [-0.1, -0.05) is 0 Å². The number of nitrogens with two attached hydrogens (primary N) is 1. The number of aromatic nitrogens is 1. The maximum absolute atomic E-state index is 11.1. The van der Waals surface area contributed by atoms with Crippen LogP contribution in [-0.4, -0.2) is 4.57 Å². The molecule has 0 atom stereocenters. The number of aryl methyl sites for hydroxylation is 2. The number of benzene rings is 1. The molecule has 13 heavy (non-hydrogen) atoms. The number of fused-ring (bicyclic) bond motifs is 1. The Bertz CT molecular complexity index is 522. The van der Waals surface area contributed by atoms with Crippen molar-refractivity contribution in [2.45, 2.75) is 6.92 Å². The van der Waals surface area contributed by atoms with E-state index in [1.165, 1.54) is 4.57 Å². The number of oxazole rings is 1. The Morgan fingerprint density at radius 3 is 2.85 bits per heavy atom. The highest BCUT2D eigenvalue weighted by molar-refractivity contribution is 5.78. The zero-order valence-electron chi connectivity index (χ0n) is 7.50. The largest absolute Gasteiger partial charge is 0.419 e. The lowest BCUT2D eigenvalue weighted by molar-refractivity contribution is 0.528. The van der Waals surface area contributed by atoms with Crippen molar-refractivity contribution in [3.63, 3.8) is 0 Å². The smallest absolute Gasteiger partial charge is 0.408 e. The molecule has 1 aromatic heterocycles. The number of nitrogens with zero attached hydrogens (tertiary/aromatic N) is 1. The molecule has 0 aliphatic heterocycles. The van der Waals surface area contributed by atoms with Crippen LogP contribution in [0.1, 0.15) is 5.56 Å². The first kappa shape index (κ1) is 7.91. The van der Waals surface area contributed by atoms with Crippen LogP contribution in [0.3, 0.4) is 0 Å². The van der Waals surface area contributed by atoms with Gasteiger partial charge in [-0.25, -0.2) is 4.79 Å². The van der Waals surface area contributed by atoms with Crippen LogP contribution in [0.5, 0.6) is 0 Å². The average Bonchev–Trinajstić information content (AvgIpc) is 2.32. The van der Waals surface area contributed by atoms with E-state index in [9.17, 15) is 4.79 Å². The third-order valence-electron chi connectivity index (χ3n) is 2.18. The summed E-state index contributed by atoms with van der Waals surface area (Å²) in [5, 5.41) is 0. The van der Waals surface area contributed by atoms with Crippen molar-refractivity contribution >= 4 is 16.8 Å². The number of hydrogen-bond acceptors (Lipinski definition) is 3. The van der Waals surface area contributed by atoms with Gasteiger partial charge in [-0.3, -0.25) is 4.57 Å². The SMILES string of the molecule is Cc1cc2oc(=O)n(C)c2cc1N. The molecule has 1 aromatic carbocycles. The van der Waals surface area contributed by atoms with Gasteiger partial charge >= 0.3 is 5.76 Å². The summed E-state index contributed by atoms with van der Waals surface area (Å²) in [4.78, 5) is 11.1. The van der Waals surface area contributed by atoms with E-state index in [1.54, 1.807) is 19.2 Å². The van der Waals surface area contributed by atoms with Crippen molar-refractivity contribution in [2.24, 2.45) is 7.05 Å². The van der Waals surface area contributed by atoms with E-state index in [-0.39, 0.29) is 5.76 Å². The summed E-state index contributed by atoms with van der Waals surface area (Å²) in [5.41, 5.74) is 8.61. The van der Waals surface area contributed by atoms with Crippen LogP contribution < -0.4 is 11.5 Å². The summed E-state index contributed by atoms with van der Waals surface area (Å²) in [6.07, 6.45) is 0. The second-order valence-electron chi connectivity index (χ2n) is 3.10. The Labute approximate surface area is 74.6 Å². The van der Waals surface area contributed by atoms with Gasteiger partial charge in [-0.15, -0.1) is 0 Å². The van der Waals surface area contributed by atoms with E-state index in [1.807, 2.05) is 6.92 Å². The Balaban J connectivity index is 2.97. The maximum Gasteiger partial charge on any atom is 0.419 e. The van der Waals surface area contributed by atoms with Gasteiger partial charge in [0.1, 0.15) is 0 Å². The fourth-order valence-electron chi connectivity index (χ4n) is 1.29. The fraction of sp³-hybridized carbons (Fsp3) is 0.222. The quantitative estimate of drug-likeness (QED) is 0.613. The fourth-order valence-corrected chi connectivity index (χ4v) is 1.29. The van der Waals surface area contributed by atoms with Crippen LogP contribution in [0.25, 0.3) is 11.1 Å².